The average Bonchev–Trinajstić information content (AvgIpc) is 2.91. The highest BCUT2D eigenvalue weighted by Gasteiger charge is 2.43. The van der Waals surface area contributed by atoms with Crippen molar-refractivity contribution in [1.29, 1.82) is 0 Å². The maximum atomic E-state index is 6.94. The molecule has 0 radical (unpaired) electrons. The van der Waals surface area contributed by atoms with E-state index in [1.165, 1.54) is 0 Å². The fourth-order valence-electron chi connectivity index (χ4n) is 3.77. The van der Waals surface area contributed by atoms with E-state index in [1.807, 2.05) is 78.9 Å². The van der Waals surface area contributed by atoms with Gasteiger partial charge in [0.1, 0.15) is 12.2 Å². The van der Waals surface area contributed by atoms with Crippen molar-refractivity contribution in [3.05, 3.63) is 108 Å². The van der Waals surface area contributed by atoms with Gasteiger partial charge in [-0.1, -0.05) is 118 Å². The van der Waals surface area contributed by atoms with E-state index in [0.29, 0.717) is 26.4 Å². The molecule has 0 spiro atoms. The van der Waals surface area contributed by atoms with Crippen LogP contribution in [-0.2, 0) is 38.5 Å². The first-order chi connectivity index (χ1) is 18.2. The monoisotopic (exact) mass is 530 g/mol. The maximum Gasteiger partial charge on any atom is 0.192 e. The molecule has 38 heavy (non-hydrogen) atoms. The Labute approximate surface area is 230 Å². The van der Waals surface area contributed by atoms with Gasteiger partial charge in [-0.05, 0) is 34.8 Å². The average molecular weight is 531 g/mol. The van der Waals surface area contributed by atoms with Crippen molar-refractivity contribution in [2.45, 2.75) is 77.0 Å². The molecule has 3 aromatic rings. The fraction of sp³-hybridized carbons (Fsp3) is 0.394. The number of rotatable bonds is 14. The van der Waals surface area contributed by atoms with Crippen LogP contribution in [0.3, 0.4) is 0 Å². The second kappa shape index (κ2) is 14.4. The van der Waals surface area contributed by atoms with E-state index in [0.717, 1.165) is 16.7 Å². The zero-order chi connectivity index (χ0) is 27.4. The highest BCUT2D eigenvalue weighted by molar-refractivity contribution is 6.74. The molecule has 3 rings (SSSR count). The molecule has 202 valence electrons. The Hall–Kier alpha value is -2.72. The largest absolute Gasteiger partial charge is 0.409 e. The number of terminal acetylenes is 1. The summed E-state index contributed by atoms with van der Waals surface area (Å²) in [6.45, 7) is 12.8. The number of hydrogen-bond acceptors (Lipinski definition) is 4. The molecule has 0 aliphatic rings. The van der Waals surface area contributed by atoms with E-state index in [4.69, 9.17) is 25.1 Å². The summed E-state index contributed by atoms with van der Waals surface area (Å²) in [4.78, 5) is 0. The molecule has 0 bridgehead atoms. The van der Waals surface area contributed by atoms with Crippen LogP contribution in [0.5, 0.6) is 0 Å². The minimum Gasteiger partial charge on any atom is -0.409 e. The number of benzene rings is 3. The Kier molecular flexibility index (Phi) is 11.3. The molecule has 0 aliphatic heterocycles. The van der Waals surface area contributed by atoms with Crippen LogP contribution in [0.2, 0.25) is 18.1 Å². The molecule has 0 fully saturated rings. The molecule has 3 atom stereocenters. The molecule has 5 heteroatoms. The van der Waals surface area contributed by atoms with Gasteiger partial charge >= 0.3 is 0 Å². The van der Waals surface area contributed by atoms with Crippen molar-refractivity contribution in [2.24, 2.45) is 0 Å². The van der Waals surface area contributed by atoms with E-state index >= 15 is 0 Å². The van der Waals surface area contributed by atoms with Gasteiger partial charge in [-0.2, -0.15) is 0 Å². The van der Waals surface area contributed by atoms with Crippen molar-refractivity contribution in [3.63, 3.8) is 0 Å². The molecule has 0 N–H and O–H groups in total. The lowest BCUT2D eigenvalue weighted by Crippen LogP contribution is -2.52. The summed E-state index contributed by atoms with van der Waals surface area (Å²) >= 11 is 0. The molecular formula is C33H42O4Si. The zero-order valence-corrected chi connectivity index (χ0v) is 24.4. The van der Waals surface area contributed by atoms with Crippen molar-refractivity contribution in [1.82, 2.24) is 0 Å². The summed E-state index contributed by atoms with van der Waals surface area (Å²) in [6, 6.07) is 30.3. The number of ether oxygens (including phenoxy) is 3. The molecule has 0 aromatic heterocycles. The first-order valence-corrected chi connectivity index (χ1v) is 16.2. The Morgan fingerprint density at radius 1 is 0.711 bits per heavy atom. The van der Waals surface area contributed by atoms with Crippen LogP contribution in [0.4, 0.5) is 0 Å². The van der Waals surface area contributed by atoms with Crippen LogP contribution in [0.25, 0.3) is 0 Å². The molecule has 0 aliphatic carbocycles. The molecule has 4 nitrogen and oxygen atoms in total. The summed E-state index contributed by atoms with van der Waals surface area (Å²) in [6.07, 6.45) is 4.53. The van der Waals surface area contributed by atoms with Gasteiger partial charge in [-0.3, -0.25) is 0 Å². The second-order valence-electron chi connectivity index (χ2n) is 11.1. The molecule has 0 saturated carbocycles. The summed E-state index contributed by atoms with van der Waals surface area (Å²) in [5.74, 6) is 2.85. The highest BCUT2D eigenvalue weighted by atomic mass is 28.4. The lowest BCUT2D eigenvalue weighted by Gasteiger charge is -2.42. The van der Waals surface area contributed by atoms with Crippen LogP contribution in [0.15, 0.2) is 91.0 Å². The highest BCUT2D eigenvalue weighted by Crippen LogP contribution is 2.38. The third-order valence-corrected chi connectivity index (χ3v) is 11.5. The molecule has 0 saturated heterocycles. The third-order valence-electron chi connectivity index (χ3n) is 7.03. The van der Waals surface area contributed by atoms with Gasteiger partial charge in [0, 0.05) is 0 Å². The molecule has 0 unspecified atom stereocenters. The summed E-state index contributed by atoms with van der Waals surface area (Å²) in [5.41, 5.74) is 3.22. The van der Waals surface area contributed by atoms with Gasteiger partial charge < -0.3 is 18.6 Å². The Bertz CT molecular complexity index is 1100. The van der Waals surface area contributed by atoms with Crippen LogP contribution in [0, 0.1) is 12.3 Å². The van der Waals surface area contributed by atoms with Crippen LogP contribution in [0.1, 0.15) is 37.5 Å². The van der Waals surface area contributed by atoms with Crippen LogP contribution >= 0.6 is 0 Å². The first-order valence-electron chi connectivity index (χ1n) is 13.3. The summed E-state index contributed by atoms with van der Waals surface area (Å²) in [5, 5.41) is 0.00515. The van der Waals surface area contributed by atoms with Gasteiger partial charge in [0.25, 0.3) is 0 Å². The SMILES string of the molecule is C#C[C@H](OCc1ccccc1)[C@H](OCc1ccccc1)[C@@H](COCc1ccccc1)O[Si](C)(C)C(C)(C)C. The van der Waals surface area contributed by atoms with E-state index in [-0.39, 0.29) is 5.04 Å². The summed E-state index contributed by atoms with van der Waals surface area (Å²) < 4.78 is 26.0. The van der Waals surface area contributed by atoms with E-state index in [2.05, 4.69) is 51.9 Å². The maximum absolute atomic E-state index is 6.94. The Balaban J connectivity index is 1.86. The lowest BCUT2D eigenvalue weighted by molar-refractivity contribution is -0.126. The summed E-state index contributed by atoms with van der Waals surface area (Å²) in [7, 11) is -2.20. The van der Waals surface area contributed by atoms with E-state index in [9.17, 15) is 0 Å². The van der Waals surface area contributed by atoms with Crippen molar-refractivity contribution >= 4 is 8.32 Å². The lowest BCUT2D eigenvalue weighted by atomic mass is 10.1. The van der Waals surface area contributed by atoms with Gasteiger partial charge in [0.2, 0.25) is 0 Å². The minimum atomic E-state index is -2.20. The van der Waals surface area contributed by atoms with Crippen molar-refractivity contribution in [3.8, 4) is 12.3 Å². The molecule has 3 aromatic carbocycles. The normalized spacial score (nSPS) is 14.4. The third kappa shape index (κ3) is 9.23. The van der Waals surface area contributed by atoms with Gasteiger partial charge in [0.05, 0.1) is 32.5 Å². The Morgan fingerprint density at radius 2 is 1.16 bits per heavy atom. The fourth-order valence-corrected chi connectivity index (χ4v) is 5.09. The van der Waals surface area contributed by atoms with Gasteiger partial charge in [0.15, 0.2) is 8.32 Å². The predicted octanol–water partition coefficient (Wildman–Crippen LogP) is 7.40. The molecule has 0 heterocycles. The minimum absolute atomic E-state index is 0.00515. The van der Waals surface area contributed by atoms with E-state index in [1.54, 1.807) is 0 Å². The number of hydrogen-bond donors (Lipinski definition) is 0. The van der Waals surface area contributed by atoms with Crippen LogP contribution in [-0.4, -0.2) is 33.2 Å². The predicted molar refractivity (Wildman–Crippen MR) is 157 cm³/mol. The zero-order valence-electron chi connectivity index (χ0n) is 23.4. The van der Waals surface area contributed by atoms with Crippen LogP contribution < -0.4 is 0 Å². The quantitative estimate of drug-likeness (QED) is 0.161. The van der Waals surface area contributed by atoms with Gasteiger partial charge in [-0.15, -0.1) is 6.42 Å². The Morgan fingerprint density at radius 3 is 1.61 bits per heavy atom. The van der Waals surface area contributed by atoms with Crippen molar-refractivity contribution < 1.29 is 18.6 Å². The smallest absolute Gasteiger partial charge is 0.192 e. The van der Waals surface area contributed by atoms with Gasteiger partial charge in [-0.25, -0.2) is 0 Å². The molecule has 0 amide bonds. The van der Waals surface area contributed by atoms with Crippen molar-refractivity contribution in [2.75, 3.05) is 6.61 Å². The topological polar surface area (TPSA) is 36.9 Å². The first kappa shape index (κ1) is 29.8. The van der Waals surface area contributed by atoms with E-state index < -0.39 is 26.6 Å². The second-order valence-corrected chi connectivity index (χ2v) is 15.8. The molecular weight excluding hydrogens is 488 g/mol. The standard InChI is InChI=1S/C33H42O4Si/c1-7-30(35-24-28-19-13-9-14-20-28)32(36-25-29-21-15-10-16-22-29)31(37-38(5,6)33(2,3)4)26-34-23-27-17-11-8-12-18-27/h1,8-22,30-32H,23-26H2,2-6H3/t30-,31+,32-/m0/s1.